The number of halogens is 1. The van der Waals surface area contributed by atoms with Crippen LogP contribution in [0.5, 0.6) is 0 Å². The molecule has 2 rings (SSSR count). The molecule has 0 radical (unpaired) electrons. The molecule has 0 atom stereocenters. The molecule has 0 saturated carbocycles. The van der Waals surface area contributed by atoms with Crippen molar-refractivity contribution in [2.45, 2.75) is 26.4 Å². The highest BCUT2D eigenvalue weighted by molar-refractivity contribution is 14.1. The standard InChI is InChI=1S/C13H14IN3O2/c1-13(2,3)19-12(18)17-10-8(14)4-5-9-11(10)16-7-6-15-9/h4-7H,1-3H3,(H,17,18). The molecule has 19 heavy (non-hydrogen) atoms. The van der Waals surface area contributed by atoms with Gasteiger partial charge in [0.05, 0.1) is 11.2 Å². The van der Waals surface area contributed by atoms with Gasteiger partial charge in [-0.1, -0.05) is 0 Å². The second-order valence-electron chi connectivity index (χ2n) is 4.97. The number of rotatable bonds is 1. The molecule has 0 aliphatic carbocycles. The number of benzene rings is 1. The third-order valence-corrected chi connectivity index (χ3v) is 3.11. The summed E-state index contributed by atoms with van der Waals surface area (Å²) < 4.78 is 6.13. The summed E-state index contributed by atoms with van der Waals surface area (Å²) in [5.41, 5.74) is 1.47. The van der Waals surface area contributed by atoms with E-state index in [1.165, 1.54) is 0 Å². The van der Waals surface area contributed by atoms with Gasteiger partial charge in [-0.25, -0.2) is 4.79 Å². The summed E-state index contributed by atoms with van der Waals surface area (Å²) in [6, 6.07) is 3.74. The Bertz CT molecular complexity index is 623. The maximum Gasteiger partial charge on any atom is 0.412 e. The van der Waals surface area contributed by atoms with Crippen LogP contribution in [0, 0.1) is 3.57 Å². The summed E-state index contributed by atoms with van der Waals surface area (Å²) in [6.45, 7) is 5.46. The first-order valence-electron chi connectivity index (χ1n) is 5.76. The second kappa shape index (κ2) is 5.28. The van der Waals surface area contributed by atoms with Crippen LogP contribution in [0.3, 0.4) is 0 Å². The summed E-state index contributed by atoms with van der Waals surface area (Å²) in [6.07, 6.45) is 2.72. The minimum Gasteiger partial charge on any atom is -0.444 e. The van der Waals surface area contributed by atoms with Gasteiger partial charge in [0.1, 0.15) is 11.1 Å². The predicted molar refractivity (Wildman–Crippen MR) is 82.1 cm³/mol. The zero-order valence-corrected chi connectivity index (χ0v) is 13.1. The molecule has 1 N–H and O–H groups in total. The third-order valence-electron chi connectivity index (χ3n) is 2.22. The molecule has 0 fully saturated rings. The van der Waals surface area contributed by atoms with Gasteiger partial charge < -0.3 is 4.74 Å². The van der Waals surface area contributed by atoms with Crippen molar-refractivity contribution < 1.29 is 9.53 Å². The monoisotopic (exact) mass is 371 g/mol. The fourth-order valence-electron chi connectivity index (χ4n) is 1.54. The van der Waals surface area contributed by atoms with Gasteiger partial charge in [0.2, 0.25) is 0 Å². The number of carbonyl (C=O) groups excluding carboxylic acids is 1. The molecule has 100 valence electrons. The Kier molecular flexibility index (Phi) is 3.88. The Morgan fingerprint density at radius 2 is 1.95 bits per heavy atom. The van der Waals surface area contributed by atoms with Crippen LogP contribution in [-0.4, -0.2) is 21.7 Å². The van der Waals surface area contributed by atoms with E-state index in [-0.39, 0.29) is 0 Å². The van der Waals surface area contributed by atoms with Gasteiger partial charge in [0.25, 0.3) is 0 Å². The lowest BCUT2D eigenvalue weighted by Gasteiger charge is -2.20. The number of hydrogen-bond donors (Lipinski definition) is 1. The molecule has 6 heteroatoms. The van der Waals surface area contributed by atoms with Crippen LogP contribution in [0.25, 0.3) is 11.0 Å². The first-order valence-corrected chi connectivity index (χ1v) is 6.84. The zero-order chi connectivity index (χ0) is 14.0. The van der Waals surface area contributed by atoms with Crippen LogP contribution in [0.15, 0.2) is 24.5 Å². The highest BCUT2D eigenvalue weighted by atomic mass is 127. The fourth-order valence-corrected chi connectivity index (χ4v) is 2.11. The lowest BCUT2D eigenvalue weighted by molar-refractivity contribution is 0.0636. The molecular weight excluding hydrogens is 357 g/mol. The fraction of sp³-hybridized carbons (Fsp3) is 0.308. The number of amides is 1. The van der Waals surface area contributed by atoms with E-state index in [1.807, 2.05) is 32.9 Å². The summed E-state index contributed by atoms with van der Waals surface area (Å²) in [5, 5.41) is 2.74. The van der Waals surface area contributed by atoms with Gasteiger partial charge in [0, 0.05) is 16.0 Å². The second-order valence-corrected chi connectivity index (χ2v) is 6.14. The normalized spacial score (nSPS) is 11.4. The number of ether oxygens (including phenoxy) is 1. The molecule has 0 spiro atoms. The summed E-state index contributed by atoms with van der Waals surface area (Å²) in [4.78, 5) is 20.3. The number of fused-ring (bicyclic) bond motifs is 1. The van der Waals surface area contributed by atoms with E-state index < -0.39 is 11.7 Å². The molecule has 5 nitrogen and oxygen atoms in total. The maximum absolute atomic E-state index is 11.8. The zero-order valence-electron chi connectivity index (χ0n) is 10.9. The Morgan fingerprint density at radius 3 is 2.63 bits per heavy atom. The van der Waals surface area contributed by atoms with Crippen LogP contribution < -0.4 is 5.32 Å². The highest BCUT2D eigenvalue weighted by Gasteiger charge is 2.18. The van der Waals surface area contributed by atoms with Gasteiger partial charge in [-0.3, -0.25) is 15.3 Å². The smallest absolute Gasteiger partial charge is 0.412 e. The SMILES string of the molecule is CC(C)(C)OC(=O)Nc1c(I)ccc2nccnc12. The molecule has 0 saturated heterocycles. The molecular formula is C13H14IN3O2. The maximum atomic E-state index is 11.8. The Labute approximate surface area is 124 Å². The lowest BCUT2D eigenvalue weighted by Crippen LogP contribution is -2.27. The van der Waals surface area contributed by atoms with Crippen LogP contribution >= 0.6 is 22.6 Å². The van der Waals surface area contributed by atoms with Gasteiger partial charge in [-0.05, 0) is 55.5 Å². The number of aromatic nitrogens is 2. The van der Waals surface area contributed by atoms with Gasteiger partial charge in [-0.2, -0.15) is 0 Å². The van der Waals surface area contributed by atoms with E-state index in [9.17, 15) is 4.79 Å². The minimum atomic E-state index is -0.536. The van der Waals surface area contributed by atoms with Crippen molar-refractivity contribution in [3.8, 4) is 0 Å². The quantitative estimate of drug-likeness (QED) is 0.779. The molecule has 0 aliphatic heterocycles. The Hall–Kier alpha value is -1.44. The minimum absolute atomic E-state index is 0.497. The first-order chi connectivity index (χ1) is 8.87. The van der Waals surface area contributed by atoms with Gasteiger partial charge in [0.15, 0.2) is 0 Å². The predicted octanol–water partition coefficient (Wildman–Crippen LogP) is 3.58. The van der Waals surface area contributed by atoms with Crippen molar-refractivity contribution in [3.63, 3.8) is 0 Å². The van der Waals surface area contributed by atoms with Crippen molar-refractivity contribution in [1.29, 1.82) is 0 Å². The van der Waals surface area contributed by atoms with Crippen molar-refractivity contribution in [2.24, 2.45) is 0 Å². The summed E-state index contributed by atoms with van der Waals surface area (Å²) >= 11 is 2.14. The molecule has 0 aliphatic rings. The lowest BCUT2D eigenvalue weighted by atomic mass is 10.2. The number of nitrogens with one attached hydrogen (secondary N) is 1. The van der Waals surface area contributed by atoms with Crippen LogP contribution in [0.4, 0.5) is 10.5 Å². The van der Waals surface area contributed by atoms with Crippen molar-refractivity contribution in [3.05, 3.63) is 28.1 Å². The van der Waals surface area contributed by atoms with Crippen molar-refractivity contribution >= 4 is 45.4 Å². The number of hydrogen-bond acceptors (Lipinski definition) is 4. The van der Waals surface area contributed by atoms with Crippen LogP contribution in [-0.2, 0) is 4.74 Å². The topological polar surface area (TPSA) is 64.1 Å². The summed E-state index contributed by atoms with van der Waals surface area (Å²) in [7, 11) is 0. The third kappa shape index (κ3) is 3.52. The van der Waals surface area contributed by atoms with Gasteiger partial charge in [-0.15, -0.1) is 0 Å². The average Bonchev–Trinajstić information content (AvgIpc) is 2.31. The van der Waals surface area contributed by atoms with Crippen molar-refractivity contribution in [1.82, 2.24) is 9.97 Å². The molecule has 0 unspecified atom stereocenters. The number of anilines is 1. The van der Waals surface area contributed by atoms with E-state index >= 15 is 0 Å². The Balaban J connectivity index is 2.34. The number of carbonyl (C=O) groups is 1. The molecule has 1 amide bonds. The highest BCUT2D eigenvalue weighted by Crippen LogP contribution is 2.26. The number of nitrogens with zero attached hydrogens (tertiary/aromatic N) is 2. The summed E-state index contributed by atoms with van der Waals surface area (Å²) in [5.74, 6) is 0. The van der Waals surface area contributed by atoms with Crippen LogP contribution in [0.2, 0.25) is 0 Å². The first kappa shape index (κ1) is 14.0. The largest absolute Gasteiger partial charge is 0.444 e. The average molecular weight is 371 g/mol. The van der Waals surface area contributed by atoms with Crippen molar-refractivity contribution in [2.75, 3.05) is 5.32 Å². The van der Waals surface area contributed by atoms with E-state index in [4.69, 9.17) is 4.74 Å². The molecule has 0 bridgehead atoms. The van der Waals surface area contributed by atoms with E-state index in [1.54, 1.807) is 12.4 Å². The van der Waals surface area contributed by atoms with Crippen LogP contribution in [0.1, 0.15) is 20.8 Å². The van der Waals surface area contributed by atoms with E-state index in [0.717, 1.165) is 9.09 Å². The Morgan fingerprint density at radius 1 is 1.26 bits per heavy atom. The molecule has 1 aromatic heterocycles. The molecule has 1 aromatic carbocycles. The van der Waals surface area contributed by atoms with E-state index in [0.29, 0.717) is 11.2 Å². The molecule has 1 heterocycles. The van der Waals surface area contributed by atoms with Gasteiger partial charge >= 0.3 is 6.09 Å². The van der Waals surface area contributed by atoms with E-state index in [2.05, 4.69) is 37.9 Å². The molecule has 2 aromatic rings.